The van der Waals surface area contributed by atoms with Gasteiger partial charge in [-0.15, -0.1) is 0 Å². The quantitative estimate of drug-likeness (QED) is 0.641. The van der Waals surface area contributed by atoms with Gasteiger partial charge >= 0.3 is 0 Å². The summed E-state index contributed by atoms with van der Waals surface area (Å²) >= 11 is 0. The van der Waals surface area contributed by atoms with Crippen molar-refractivity contribution in [2.45, 2.75) is 33.4 Å². The van der Waals surface area contributed by atoms with Crippen molar-refractivity contribution in [1.82, 2.24) is 25.1 Å². The molecule has 1 aromatic carbocycles. The van der Waals surface area contributed by atoms with Gasteiger partial charge in [-0.3, -0.25) is 4.79 Å². The molecule has 0 spiro atoms. The Balaban J connectivity index is 2.09. The Bertz CT molecular complexity index is 881. The van der Waals surface area contributed by atoms with Crippen LogP contribution >= 0.6 is 0 Å². The summed E-state index contributed by atoms with van der Waals surface area (Å²) in [6.45, 7) is 5.80. The Hall–Kier alpha value is -2.67. The Morgan fingerprint density at radius 1 is 1.36 bits per heavy atom. The second-order valence-corrected chi connectivity index (χ2v) is 6.41. The van der Waals surface area contributed by atoms with Crippen molar-refractivity contribution < 1.29 is 9.90 Å². The van der Waals surface area contributed by atoms with Gasteiger partial charge < -0.3 is 15.4 Å². The van der Waals surface area contributed by atoms with E-state index in [0.717, 1.165) is 16.5 Å². The maximum absolute atomic E-state index is 11.6. The lowest BCUT2D eigenvalue weighted by atomic mass is 10.0. The molecule has 0 aliphatic rings. The predicted molar refractivity (Wildman–Crippen MR) is 95.8 cm³/mol. The van der Waals surface area contributed by atoms with Crippen LogP contribution in [0.2, 0.25) is 0 Å². The Morgan fingerprint density at radius 2 is 2.12 bits per heavy atom. The topological polar surface area (TPSA) is 95.8 Å². The van der Waals surface area contributed by atoms with Crippen molar-refractivity contribution in [1.29, 1.82) is 0 Å². The molecule has 132 valence electrons. The van der Waals surface area contributed by atoms with E-state index in [1.54, 1.807) is 4.68 Å². The van der Waals surface area contributed by atoms with E-state index >= 15 is 0 Å². The number of rotatable bonds is 6. The van der Waals surface area contributed by atoms with Gasteiger partial charge in [-0.2, -0.15) is 5.10 Å². The maximum Gasteiger partial charge on any atom is 0.217 e. The number of hydrogen-bond acceptors (Lipinski definition) is 4. The Morgan fingerprint density at radius 3 is 2.80 bits per heavy atom. The minimum Gasteiger partial charge on any atom is -0.394 e. The van der Waals surface area contributed by atoms with Gasteiger partial charge in [-0.1, -0.05) is 32.0 Å². The van der Waals surface area contributed by atoms with Crippen molar-refractivity contribution >= 4 is 16.8 Å². The number of carbonyl (C=O) groups is 1. The van der Waals surface area contributed by atoms with Crippen LogP contribution in [0.15, 0.2) is 30.5 Å². The number of aliphatic hydroxyl groups excluding tert-OH is 1. The highest BCUT2D eigenvalue weighted by Gasteiger charge is 2.25. The Kier molecular flexibility index (Phi) is 4.85. The van der Waals surface area contributed by atoms with Crippen molar-refractivity contribution in [2.24, 2.45) is 5.92 Å². The van der Waals surface area contributed by atoms with E-state index in [1.165, 1.54) is 6.92 Å². The summed E-state index contributed by atoms with van der Waals surface area (Å²) in [4.78, 5) is 19.5. The van der Waals surface area contributed by atoms with E-state index in [9.17, 15) is 9.90 Å². The summed E-state index contributed by atoms with van der Waals surface area (Å²) < 4.78 is 1.68. The van der Waals surface area contributed by atoms with E-state index in [4.69, 9.17) is 4.98 Å². The first-order valence-corrected chi connectivity index (χ1v) is 8.40. The van der Waals surface area contributed by atoms with Gasteiger partial charge in [0.1, 0.15) is 0 Å². The SMILES string of the molecule is CC(=O)NC(c1nc(-c2c[nH]c3ccccc23)nn1CCO)C(C)C. The Labute approximate surface area is 146 Å². The number of nitrogens with one attached hydrogen (secondary N) is 2. The molecule has 0 radical (unpaired) electrons. The number of H-pyrrole nitrogens is 1. The fourth-order valence-electron chi connectivity index (χ4n) is 2.96. The molecule has 0 bridgehead atoms. The molecule has 0 fully saturated rings. The molecule has 3 rings (SSSR count). The van der Waals surface area contributed by atoms with E-state index in [-0.39, 0.29) is 24.5 Å². The summed E-state index contributed by atoms with van der Waals surface area (Å²) in [5, 5.41) is 17.9. The van der Waals surface area contributed by atoms with Gasteiger partial charge in [0.2, 0.25) is 5.91 Å². The third-order valence-corrected chi connectivity index (χ3v) is 4.15. The summed E-state index contributed by atoms with van der Waals surface area (Å²) in [5.41, 5.74) is 1.92. The number of carbonyl (C=O) groups excluding carboxylic acids is 1. The highest BCUT2D eigenvalue weighted by Crippen LogP contribution is 2.28. The van der Waals surface area contributed by atoms with Gasteiger partial charge in [0, 0.05) is 29.6 Å². The number of benzene rings is 1. The highest BCUT2D eigenvalue weighted by molar-refractivity contribution is 5.93. The predicted octanol–water partition coefficient (Wildman–Crippen LogP) is 2.25. The van der Waals surface area contributed by atoms with Crippen LogP contribution in [0.4, 0.5) is 0 Å². The zero-order valence-corrected chi connectivity index (χ0v) is 14.7. The normalized spacial score (nSPS) is 12.7. The lowest BCUT2D eigenvalue weighted by Crippen LogP contribution is -2.32. The molecule has 0 aliphatic carbocycles. The van der Waals surface area contributed by atoms with Gasteiger partial charge in [-0.05, 0) is 12.0 Å². The molecule has 1 unspecified atom stereocenters. The molecule has 3 N–H and O–H groups in total. The third kappa shape index (κ3) is 3.41. The van der Waals surface area contributed by atoms with Crippen LogP contribution in [-0.2, 0) is 11.3 Å². The standard InChI is InChI=1S/C18H23N5O2/c1-11(2)16(20-12(3)25)18-21-17(22-23(18)8-9-24)14-10-19-15-7-5-4-6-13(14)15/h4-7,10-11,16,19,24H,8-9H2,1-3H3,(H,20,25). The molecule has 25 heavy (non-hydrogen) atoms. The molecule has 0 aliphatic heterocycles. The summed E-state index contributed by atoms with van der Waals surface area (Å²) in [5.74, 6) is 1.25. The molecule has 0 saturated carbocycles. The maximum atomic E-state index is 11.6. The first-order valence-electron chi connectivity index (χ1n) is 8.40. The number of hydrogen-bond donors (Lipinski definition) is 3. The van der Waals surface area contributed by atoms with Gasteiger partial charge in [-0.25, -0.2) is 9.67 Å². The fraction of sp³-hybridized carbons (Fsp3) is 0.389. The van der Waals surface area contributed by atoms with Crippen LogP contribution in [0.3, 0.4) is 0 Å². The lowest BCUT2D eigenvalue weighted by molar-refractivity contribution is -0.120. The largest absolute Gasteiger partial charge is 0.394 e. The molecule has 7 heteroatoms. The zero-order chi connectivity index (χ0) is 18.0. The molecule has 3 aromatic rings. The third-order valence-electron chi connectivity index (χ3n) is 4.15. The smallest absolute Gasteiger partial charge is 0.217 e. The number of aliphatic hydroxyl groups is 1. The van der Waals surface area contributed by atoms with Crippen molar-refractivity contribution in [3.05, 3.63) is 36.3 Å². The van der Waals surface area contributed by atoms with E-state index in [0.29, 0.717) is 18.2 Å². The number of fused-ring (bicyclic) bond motifs is 1. The average Bonchev–Trinajstić information content (AvgIpc) is 3.16. The van der Waals surface area contributed by atoms with E-state index < -0.39 is 0 Å². The second-order valence-electron chi connectivity index (χ2n) is 6.41. The van der Waals surface area contributed by atoms with Crippen LogP contribution in [-0.4, -0.2) is 37.4 Å². The first kappa shape index (κ1) is 17.2. The summed E-state index contributed by atoms with van der Waals surface area (Å²) in [6.07, 6.45) is 1.88. The minimum atomic E-state index is -0.268. The molecule has 1 atom stereocenters. The number of aromatic nitrogens is 4. The molecule has 0 saturated heterocycles. The lowest BCUT2D eigenvalue weighted by Gasteiger charge is -2.21. The molecule has 1 amide bonds. The molecule has 2 heterocycles. The first-order chi connectivity index (χ1) is 12.0. The molecular weight excluding hydrogens is 318 g/mol. The minimum absolute atomic E-state index is 0.0471. The highest BCUT2D eigenvalue weighted by atomic mass is 16.3. The number of para-hydroxylation sites is 1. The average molecular weight is 341 g/mol. The van der Waals surface area contributed by atoms with Crippen LogP contribution in [0.25, 0.3) is 22.3 Å². The van der Waals surface area contributed by atoms with E-state index in [1.807, 2.05) is 44.3 Å². The van der Waals surface area contributed by atoms with Crippen LogP contribution in [0.1, 0.15) is 32.6 Å². The van der Waals surface area contributed by atoms with Crippen molar-refractivity contribution in [2.75, 3.05) is 6.61 Å². The van der Waals surface area contributed by atoms with Crippen LogP contribution < -0.4 is 5.32 Å². The molecular formula is C18H23N5O2. The van der Waals surface area contributed by atoms with Gasteiger partial charge in [0.05, 0.1) is 19.2 Å². The number of amides is 1. The van der Waals surface area contributed by atoms with Gasteiger partial charge in [0.15, 0.2) is 11.6 Å². The van der Waals surface area contributed by atoms with E-state index in [2.05, 4.69) is 15.4 Å². The summed E-state index contributed by atoms with van der Waals surface area (Å²) in [6, 6.07) is 7.69. The molecule has 2 aromatic heterocycles. The van der Waals surface area contributed by atoms with Crippen molar-refractivity contribution in [3.63, 3.8) is 0 Å². The van der Waals surface area contributed by atoms with Gasteiger partial charge in [0.25, 0.3) is 0 Å². The number of nitrogens with zero attached hydrogens (tertiary/aromatic N) is 3. The summed E-state index contributed by atoms with van der Waals surface area (Å²) in [7, 11) is 0. The molecule has 7 nitrogen and oxygen atoms in total. The fourth-order valence-corrected chi connectivity index (χ4v) is 2.96. The number of aromatic amines is 1. The zero-order valence-electron chi connectivity index (χ0n) is 14.7. The van der Waals surface area contributed by atoms with Crippen molar-refractivity contribution in [3.8, 4) is 11.4 Å². The van der Waals surface area contributed by atoms with Crippen LogP contribution in [0, 0.1) is 5.92 Å². The monoisotopic (exact) mass is 341 g/mol. The second kappa shape index (κ2) is 7.06. The van der Waals surface area contributed by atoms with Crippen LogP contribution in [0.5, 0.6) is 0 Å².